The first-order valence-corrected chi connectivity index (χ1v) is 5.69. The van der Waals surface area contributed by atoms with Gasteiger partial charge in [-0.25, -0.2) is 0 Å². The molecule has 1 aromatic heterocycles. The van der Waals surface area contributed by atoms with Crippen molar-refractivity contribution in [3.63, 3.8) is 0 Å². The van der Waals surface area contributed by atoms with E-state index in [1.165, 1.54) is 0 Å². The summed E-state index contributed by atoms with van der Waals surface area (Å²) in [4.78, 5) is 15.5. The van der Waals surface area contributed by atoms with Crippen molar-refractivity contribution in [2.24, 2.45) is 11.3 Å². The first-order chi connectivity index (χ1) is 7.53. The van der Waals surface area contributed by atoms with Crippen LogP contribution in [-0.2, 0) is 4.79 Å². The van der Waals surface area contributed by atoms with E-state index < -0.39 is 11.9 Å². The van der Waals surface area contributed by atoms with Gasteiger partial charge in [-0.3, -0.25) is 4.98 Å². The predicted molar refractivity (Wildman–Crippen MR) is 56.6 cm³/mol. The molecule has 0 radical (unpaired) electrons. The second-order valence-corrected chi connectivity index (χ2v) is 5.49. The van der Waals surface area contributed by atoms with E-state index in [0.29, 0.717) is 5.92 Å². The van der Waals surface area contributed by atoms with Crippen molar-refractivity contribution < 1.29 is 9.90 Å². The molecule has 0 N–H and O–H groups in total. The Hall–Kier alpha value is -1.38. The zero-order valence-corrected chi connectivity index (χ0v) is 9.43. The molecule has 16 heavy (non-hydrogen) atoms. The maximum absolute atomic E-state index is 11.3. The van der Waals surface area contributed by atoms with E-state index in [9.17, 15) is 9.90 Å². The van der Waals surface area contributed by atoms with Gasteiger partial charge in [-0.1, -0.05) is 19.9 Å². The van der Waals surface area contributed by atoms with Crippen molar-refractivity contribution in [1.82, 2.24) is 4.98 Å². The van der Waals surface area contributed by atoms with E-state index in [1.54, 1.807) is 6.20 Å². The Bertz CT molecular complexity index is 467. The van der Waals surface area contributed by atoms with Crippen LogP contribution in [0.2, 0.25) is 0 Å². The Labute approximate surface area is 94.5 Å². The average molecular weight is 216 g/mol. The number of aromatic nitrogens is 1. The van der Waals surface area contributed by atoms with Crippen LogP contribution in [0.15, 0.2) is 18.3 Å². The van der Waals surface area contributed by atoms with Crippen molar-refractivity contribution in [1.29, 1.82) is 0 Å². The first-order valence-electron chi connectivity index (χ1n) is 5.69. The summed E-state index contributed by atoms with van der Waals surface area (Å²) in [5, 5.41) is 11.3. The highest BCUT2D eigenvalue weighted by atomic mass is 16.4. The molecule has 0 aliphatic heterocycles. The Morgan fingerprint density at radius 1 is 1.56 bits per heavy atom. The molecular weight excluding hydrogens is 202 g/mol. The molecule has 3 atom stereocenters. The molecule has 2 bridgehead atoms. The lowest BCUT2D eigenvalue weighted by Crippen LogP contribution is -2.54. The van der Waals surface area contributed by atoms with Gasteiger partial charge in [0.05, 0.1) is 11.7 Å². The SMILES string of the molecule is CC1(C)[C@@H]2C[C@H]1c1cccnc1[C@H]2C(=O)[O-]. The summed E-state index contributed by atoms with van der Waals surface area (Å²) in [5.41, 5.74) is 1.92. The summed E-state index contributed by atoms with van der Waals surface area (Å²) in [6, 6.07) is 3.90. The van der Waals surface area contributed by atoms with E-state index >= 15 is 0 Å². The number of carboxylic acids is 1. The van der Waals surface area contributed by atoms with Gasteiger partial charge in [0.25, 0.3) is 0 Å². The van der Waals surface area contributed by atoms with E-state index in [2.05, 4.69) is 18.8 Å². The average Bonchev–Trinajstić information content (AvgIpc) is 2.26. The summed E-state index contributed by atoms with van der Waals surface area (Å²) in [7, 11) is 0. The normalized spacial score (nSPS) is 33.8. The van der Waals surface area contributed by atoms with E-state index in [0.717, 1.165) is 17.7 Å². The molecule has 84 valence electrons. The molecule has 3 aliphatic carbocycles. The highest BCUT2D eigenvalue weighted by Gasteiger charge is 2.57. The van der Waals surface area contributed by atoms with Gasteiger partial charge in [-0.05, 0) is 35.3 Å². The van der Waals surface area contributed by atoms with Crippen molar-refractivity contribution in [2.75, 3.05) is 0 Å². The number of pyridine rings is 1. The molecule has 0 amide bonds. The highest BCUT2D eigenvalue weighted by Crippen LogP contribution is 2.65. The van der Waals surface area contributed by atoms with Crippen LogP contribution < -0.4 is 5.11 Å². The molecule has 0 saturated heterocycles. The fourth-order valence-electron chi connectivity index (χ4n) is 3.50. The Morgan fingerprint density at radius 2 is 2.31 bits per heavy atom. The van der Waals surface area contributed by atoms with Gasteiger partial charge in [0.15, 0.2) is 0 Å². The van der Waals surface area contributed by atoms with Crippen LogP contribution in [-0.4, -0.2) is 11.0 Å². The van der Waals surface area contributed by atoms with Gasteiger partial charge in [0.2, 0.25) is 0 Å². The monoisotopic (exact) mass is 216 g/mol. The molecule has 0 aromatic carbocycles. The molecule has 3 aliphatic rings. The zero-order chi connectivity index (χ0) is 11.5. The number of rotatable bonds is 1. The number of carboxylic acid groups (broad SMARTS) is 1. The van der Waals surface area contributed by atoms with Crippen LogP contribution in [0, 0.1) is 11.3 Å². The standard InChI is InChI=1S/C13H15NO2/c1-13(2)8-6-9(13)10(12(15)16)11-7(8)4-3-5-14-11/h3-5,8-10H,6H2,1-2H3,(H,15,16)/p-1/t8-,9+,10-/m0/s1. The Kier molecular flexibility index (Phi) is 1.74. The summed E-state index contributed by atoms with van der Waals surface area (Å²) >= 11 is 0. The summed E-state index contributed by atoms with van der Waals surface area (Å²) in [6.07, 6.45) is 2.64. The zero-order valence-electron chi connectivity index (χ0n) is 9.43. The topological polar surface area (TPSA) is 53.0 Å². The minimum Gasteiger partial charge on any atom is -0.549 e. The van der Waals surface area contributed by atoms with Gasteiger partial charge in [0.1, 0.15) is 0 Å². The second kappa shape index (κ2) is 2.84. The third kappa shape index (κ3) is 0.984. The molecule has 1 fully saturated rings. The van der Waals surface area contributed by atoms with Gasteiger partial charge in [0, 0.05) is 12.1 Å². The van der Waals surface area contributed by atoms with Crippen LogP contribution in [0.3, 0.4) is 0 Å². The number of hydrogen-bond acceptors (Lipinski definition) is 3. The second-order valence-electron chi connectivity index (χ2n) is 5.49. The van der Waals surface area contributed by atoms with Crippen molar-refractivity contribution in [3.8, 4) is 0 Å². The quantitative estimate of drug-likeness (QED) is 0.705. The molecule has 0 unspecified atom stereocenters. The van der Waals surface area contributed by atoms with Crippen LogP contribution >= 0.6 is 0 Å². The number of aliphatic carboxylic acids is 1. The third-order valence-corrected chi connectivity index (χ3v) is 4.54. The smallest absolute Gasteiger partial charge is 0.0528 e. The van der Waals surface area contributed by atoms with Gasteiger partial charge in [-0.2, -0.15) is 0 Å². The molecule has 3 heteroatoms. The minimum atomic E-state index is -0.976. The molecule has 3 nitrogen and oxygen atoms in total. The van der Waals surface area contributed by atoms with Gasteiger partial charge < -0.3 is 9.90 Å². The van der Waals surface area contributed by atoms with Gasteiger partial charge >= 0.3 is 0 Å². The molecule has 1 heterocycles. The molecule has 1 aromatic rings. The van der Waals surface area contributed by atoms with Crippen LogP contribution in [0.1, 0.15) is 43.4 Å². The fourth-order valence-corrected chi connectivity index (χ4v) is 3.50. The Morgan fingerprint density at radius 3 is 2.94 bits per heavy atom. The summed E-state index contributed by atoms with van der Waals surface area (Å²) in [5.74, 6) is -0.839. The molecule has 0 spiro atoms. The largest absolute Gasteiger partial charge is 0.549 e. The van der Waals surface area contributed by atoms with E-state index in [-0.39, 0.29) is 11.3 Å². The van der Waals surface area contributed by atoms with Crippen LogP contribution in [0.5, 0.6) is 0 Å². The Balaban J connectivity index is 2.19. The maximum Gasteiger partial charge on any atom is 0.0528 e. The number of carbonyl (C=O) groups is 1. The van der Waals surface area contributed by atoms with Crippen molar-refractivity contribution in [3.05, 3.63) is 29.6 Å². The molecule has 1 saturated carbocycles. The van der Waals surface area contributed by atoms with Crippen molar-refractivity contribution in [2.45, 2.75) is 32.1 Å². The third-order valence-electron chi connectivity index (χ3n) is 4.54. The number of hydrogen-bond donors (Lipinski definition) is 0. The van der Waals surface area contributed by atoms with Crippen molar-refractivity contribution >= 4 is 5.97 Å². The minimum absolute atomic E-state index is 0.0702. The lowest BCUT2D eigenvalue weighted by atomic mass is 9.45. The predicted octanol–water partition coefficient (Wildman–Crippen LogP) is 1.06. The molecular formula is C13H14NO2-. The molecule has 4 rings (SSSR count). The van der Waals surface area contributed by atoms with E-state index in [1.807, 2.05) is 12.1 Å². The van der Waals surface area contributed by atoms with E-state index in [4.69, 9.17) is 0 Å². The highest BCUT2D eigenvalue weighted by molar-refractivity contribution is 5.76. The number of nitrogens with zero attached hydrogens (tertiary/aromatic N) is 1. The first kappa shape index (κ1) is 9.82. The summed E-state index contributed by atoms with van der Waals surface area (Å²) < 4.78 is 0. The lowest BCUT2D eigenvalue weighted by Gasteiger charge is -2.60. The lowest BCUT2D eigenvalue weighted by molar-refractivity contribution is -0.312. The fraction of sp³-hybridized carbons (Fsp3) is 0.538. The van der Waals surface area contributed by atoms with Crippen LogP contribution in [0.4, 0.5) is 0 Å². The summed E-state index contributed by atoms with van der Waals surface area (Å²) in [6.45, 7) is 4.30. The maximum atomic E-state index is 11.3. The van der Waals surface area contributed by atoms with Gasteiger partial charge in [-0.15, -0.1) is 0 Å². The van der Waals surface area contributed by atoms with Crippen LogP contribution in [0.25, 0.3) is 0 Å². The number of carbonyl (C=O) groups excluding carboxylic acids is 1.